The third kappa shape index (κ3) is 4.39. The maximum Gasteiger partial charge on any atom is 0.407 e. The van der Waals surface area contributed by atoms with Crippen LogP contribution in [-0.4, -0.2) is 17.2 Å². The molecular formula is C21H19NO4. The van der Waals surface area contributed by atoms with E-state index in [1.54, 1.807) is 0 Å². The Hall–Kier alpha value is -3.34. The zero-order valence-corrected chi connectivity index (χ0v) is 14.1. The van der Waals surface area contributed by atoms with E-state index in [0.717, 1.165) is 21.9 Å². The van der Waals surface area contributed by atoms with Crippen LogP contribution in [0.15, 0.2) is 72.8 Å². The molecule has 1 atom stereocenters. The number of alkyl carbamates (subject to hydrolysis) is 1. The van der Waals surface area contributed by atoms with E-state index in [1.807, 2.05) is 72.8 Å². The molecule has 0 aliphatic heterocycles. The number of hydrogen-bond donors (Lipinski definition) is 2. The highest BCUT2D eigenvalue weighted by atomic mass is 16.5. The first-order chi connectivity index (χ1) is 12.6. The number of carboxylic acids is 1. The second kappa shape index (κ2) is 8.16. The molecule has 0 bridgehead atoms. The van der Waals surface area contributed by atoms with Crippen molar-refractivity contribution in [1.82, 2.24) is 5.32 Å². The minimum absolute atomic E-state index is 0.127. The fourth-order valence-corrected chi connectivity index (χ4v) is 2.87. The Morgan fingerprint density at radius 2 is 1.62 bits per heavy atom. The molecule has 0 saturated carbocycles. The molecule has 26 heavy (non-hydrogen) atoms. The predicted molar refractivity (Wildman–Crippen MR) is 98.7 cm³/mol. The van der Waals surface area contributed by atoms with Crippen molar-refractivity contribution >= 4 is 22.8 Å². The summed E-state index contributed by atoms with van der Waals surface area (Å²) in [6, 6.07) is 21.9. The molecular weight excluding hydrogens is 330 g/mol. The molecule has 3 aromatic rings. The molecule has 0 radical (unpaired) electrons. The van der Waals surface area contributed by atoms with Crippen molar-refractivity contribution in [3.05, 3.63) is 83.9 Å². The van der Waals surface area contributed by atoms with Crippen LogP contribution in [0, 0.1) is 0 Å². The van der Waals surface area contributed by atoms with Crippen LogP contribution in [0.5, 0.6) is 0 Å². The largest absolute Gasteiger partial charge is 0.481 e. The third-order valence-electron chi connectivity index (χ3n) is 4.08. The number of rotatable bonds is 6. The van der Waals surface area contributed by atoms with E-state index in [1.165, 1.54) is 0 Å². The Morgan fingerprint density at radius 3 is 2.38 bits per heavy atom. The van der Waals surface area contributed by atoms with Gasteiger partial charge in [0.2, 0.25) is 0 Å². The molecule has 132 valence electrons. The molecule has 3 rings (SSSR count). The van der Waals surface area contributed by atoms with Crippen molar-refractivity contribution < 1.29 is 19.4 Å². The first-order valence-corrected chi connectivity index (χ1v) is 8.30. The van der Waals surface area contributed by atoms with Crippen LogP contribution < -0.4 is 5.32 Å². The first-order valence-electron chi connectivity index (χ1n) is 8.30. The Morgan fingerprint density at radius 1 is 0.923 bits per heavy atom. The molecule has 3 aromatic carbocycles. The van der Waals surface area contributed by atoms with E-state index in [9.17, 15) is 14.7 Å². The Kier molecular flexibility index (Phi) is 5.49. The van der Waals surface area contributed by atoms with Crippen molar-refractivity contribution in [2.75, 3.05) is 0 Å². The number of fused-ring (bicyclic) bond motifs is 1. The maximum absolute atomic E-state index is 12.2. The van der Waals surface area contributed by atoms with Crippen LogP contribution in [0.25, 0.3) is 10.8 Å². The van der Waals surface area contributed by atoms with Crippen molar-refractivity contribution in [2.45, 2.75) is 19.1 Å². The predicted octanol–water partition coefficient (Wildman–Crippen LogP) is 4.28. The first kappa shape index (κ1) is 17.5. The van der Waals surface area contributed by atoms with Gasteiger partial charge in [-0.2, -0.15) is 0 Å². The molecule has 0 unspecified atom stereocenters. The average Bonchev–Trinajstić information content (AvgIpc) is 2.66. The lowest BCUT2D eigenvalue weighted by molar-refractivity contribution is -0.137. The van der Waals surface area contributed by atoms with Gasteiger partial charge in [-0.05, 0) is 21.9 Å². The molecule has 0 aliphatic rings. The van der Waals surface area contributed by atoms with E-state index >= 15 is 0 Å². The summed E-state index contributed by atoms with van der Waals surface area (Å²) in [4.78, 5) is 23.5. The summed E-state index contributed by atoms with van der Waals surface area (Å²) in [7, 11) is 0. The maximum atomic E-state index is 12.2. The van der Waals surface area contributed by atoms with Crippen molar-refractivity contribution in [3.63, 3.8) is 0 Å². The fraction of sp³-hybridized carbons (Fsp3) is 0.143. The van der Waals surface area contributed by atoms with Crippen LogP contribution in [0.2, 0.25) is 0 Å². The van der Waals surface area contributed by atoms with E-state index in [2.05, 4.69) is 5.32 Å². The standard InChI is InChI=1S/C21H19NO4/c23-20(24)13-19(18-12-6-10-16-9-4-5-11-17(16)18)22-21(25)26-14-15-7-2-1-3-8-15/h1-12,19H,13-14H2,(H,22,25)(H,23,24)/t19-/m0/s1. The number of hydrogen-bond acceptors (Lipinski definition) is 3. The summed E-state index contributed by atoms with van der Waals surface area (Å²) < 4.78 is 5.23. The Labute approximate surface area is 151 Å². The number of ether oxygens (including phenoxy) is 1. The van der Waals surface area contributed by atoms with Gasteiger partial charge in [0.05, 0.1) is 12.5 Å². The molecule has 0 aliphatic carbocycles. The summed E-state index contributed by atoms with van der Waals surface area (Å²) in [6.45, 7) is 0.127. The van der Waals surface area contributed by atoms with Gasteiger partial charge in [0.15, 0.2) is 0 Å². The highest BCUT2D eigenvalue weighted by Gasteiger charge is 2.20. The number of aliphatic carboxylic acids is 1. The van der Waals surface area contributed by atoms with Crippen molar-refractivity contribution in [2.24, 2.45) is 0 Å². The highest BCUT2D eigenvalue weighted by Crippen LogP contribution is 2.26. The minimum atomic E-state index is -0.994. The molecule has 1 amide bonds. The summed E-state index contributed by atoms with van der Waals surface area (Å²) in [6.07, 6.45) is -0.873. The summed E-state index contributed by atoms with van der Waals surface area (Å²) in [5.41, 5.74) is 1.62. The van der Waals surface area contributed by atoms with Crippen LogP contribution >= 0.6 is 0 Å². The smallest absolute Gasteiger partial charge is 0.407 e. The quantitative estimate of drug-likeness (QED) is 0.696. The van der Waals surface area contributed by atoms with Gasteiger partial charge in [0, 0.05) is 0 Å². The van der Waals surface area contributed by atoms with E-state index in [4.69, 9.17) is 4.74 Å². The van der Waals surface area contributed by atoms with Gasteiger partial charge in [-0.15, -0.1) is 0 Å². The lowest BCUT2D eigenvalue weighted by Gasteiger charge is -2.19. The van der Waals surface area contributed by atoms with E-state index in [-0.39, 0.29) is 13.0 Å². The number of amides is 1. The zero-order valence-electron chi connectivity index (χ0n) is 14.1. The van der Waals surface area contributed by atoms with Crippen molar-refractivity contribution in [3.8, 4) is 0 Å². The number of nitrogens with one attached hydrogen (secondary N) is 1. The molecule has 5 nitrogen and oxygen atoms in total. The normalized spacial score (nSPS) is 11.7. The van der Waals surface area contributed by atoms with Crippen LogP contribution in [0.4, 0.5) is 4.79 Å². The third-order valence-corrected chi connectivity index (χ3v) is 4.08. The average molecular weight is 349 g/mol. The summed E-state index contributed by atoms with van der Waals surface area (Å²) >= 11 is 0. The SMILES string of the molecule is O=C(O)C[C@H](NC(=O)OCc1ccccc1)c1cccc2ccccc12. The van der Waals surface area contributed by atoms with Gasteiger partial charge in [0.25, 0.3) is 0 Å². The van der Waals surface area contributed by atoms with Crippen LogP contribution in [0.3, 0.4) is 0 Å². The molecule has 2 N–H and O–H groups in total. The number of carboxylic acid groups (broad SMARTS) is 1. The van der Waals surface area contributed by atoms with Gasteiger partial charge in [-0.1, -0.05) is 72.8 Å². The molecule has 0 fully saturated rings. The Bertz CT molecular complexity index is 903. The molecule has 0 saturated heterocycles. The molecule has 5 heteroatoms. The summed E-state index contributed by atoms with van der Waals surface area (Å²) in [5.74, 6) is -0.994. The number of carbonyl (C=O) groups is 2. The van der Waals surface area contributed by atoms with Crippen molar-refractivity contribution in [1.29, 1.82) is 0 Å². The van der Waals surface area contributed by atoms with Gasteiger partial charge in [-0.3, -0.25) is 4.79 Å². The van der Waals surface area contributed by atoms with E-state index in [0.29, 0.717) is 0 Å². The monoisotopic (exact) mass is 349 g/mol. The second-order valence-corrected chi connectivity index (χ2v) is 5.92. The lowest BCUT2D eigenvalue weighted by Crippen LogP contribution is -2.30. The molecule has 0 heterocycles. The fourth-order valence-electron chi connectivity index (χ4n) is 2.87. The second-order valence-electron chi connectivity index (χ2n) is 5.92. The number of carbonyl (C=O) groups excluding carboxylic acids is 1. The molecule has 0 spiro atoms. The lowest BCUT2D eigenvalue weighted by atomic mass is 9.97. The topological polar surface area (TPSA) is 75.6 Å². The zero-order chi connectivity index (χ0) is 18.4. The number of benzene rings is 3. The van der Waals surface area contributed by atoms with Gasteiger partial charge in [0.1, 0.15) is 6.61 Å². The van der Waals surface area contributed by atoms with Gasteiger partial charge >= 0.3 is 12.1 Å². The van der Waals surface area contributed by atoms with Crippen LogP contribution in [0.1, 0.15) is 23.6 Å². The minimum Gasteiger partial charge on any atom is -0.481 e. The van der Waals surface area contributed by atoms with Gasteiger partial charge in [-0.25, -0.2) is 4.79 Å². The van der Waals surface area contributed by atoms with E-state index < -0.39 is 18.1 Å². The van der Waals surface area contributed by atoms with Gasteiger partial charge < -0.3 is 15.2 Å². The highest BCUT2D eigenvalue weighted by molar-refractivity contribution is 5.87. The molecule has 0 aromatic heterocycles. The Balaban J connectivity index is 1.77. The summed E-state index contributed by atoms with van der Waals surface area (Å²) in [5, 5.41) is 13.8. The van der Waals surface area contributed by atoms with Crippen LogP contribution in [-0.2, 0) is 16.1 Å².